The molecule has 0 aliphatic carbocycles. The summed E-state index contributed by atoms with van der Waals surface area (Å²) in [6, 6.07) is 8.43. The lowest BCUT2D eigenvalue weighted by atomic mass is 10.2. The number of halogens is 1. The summed E-state index contributed by atoms with van der Waals surface area (Å²) >= 11 is 2.11. The Kier molecular flexibility index (Phi) is 7.95. The van der Waals surface area contributed by atoms with Crippen molar-refractivity contribution in [1.29, 1.82) is 0 Å². The van der Waals surface area contributed by atoms with Crippen molar-refractivity contribution in [2.75, 3.05) is 27.9 Å². The van der Waals surface area contributed by atoms with E-state index in [4.69, 9.17) is 25.4 Å². The van der Waals surface area contributed by atoms with Crippen LogP contribution in [0.4, 0.5) is 0 Å². The van der Waals surface area contributed by atoms with E-state index in [2.05, 4.69) is 39.0 Å². The Labute approximate surface area is 177 Å². The first kappa shape index (κ1) is 21.4. The van der Waals surface area contributed by atoms with E-state index < -0.39 is 5.91 Å². The number of carbonyl (C=O) groups is 1. The van der Waals surface area contributed by atoms with Crippen LogP contribution in [0.2, 0.25) is 0 Å². The Bertz CT molecular complexity index is 899. The van der Waals surface area contributed by atoms with E-state index in [0.717, 1.165) is 9.13 Å². The lowest BCUT2D eigenvalue weighted by Gasteiger charge is -2.11. The molecule has 0 aliphatic rings. The summed E-state index contributed by atoms with van der Waals surface area (Å²) in [6.45, 7) is 0.139. The molecule has 146 valence electrons. The fourth-order valence-corrected chi connectivity index (χ4v) is 3.02. The normalized spacial score (nSPS) is 10.2. The first-order valence-electron chi connectivity index (χ1n) is 8.02. The number of nitrogens with zero attached hydrogens (tertiary/aromatic N) is 1. The van der Waals surface area contributed by atoms with Crippen molar-refractivity contribution in [3.8, 4) is 35.3 Å². The monoisotopic (exact) mass is 494 g/mol. The second-order valence-corrected chi connectivity index (χ2v) is 6.49. The lowest BCUT2D eigenvalue weighted by molar-refractivity contribution is 0.0954. The molecule has 2 aromatic carbocycles. The van der Waals surface area contributed by atoms with Gasteiger partial charge in [-0.05, 0) is 52.4 Å². The predicted molar refractivity (Wildman–Crippen MR) is 115 cm³/mol. The second kappa shape index (κ2) is 10.4. The number of amides is 1. The van der Waals surface area contributed by atoms with Crippen molar-refractivity contribution < 1.29 is 23.7 Å². The number of hydrazone groups is 1. The van der Waals surface area contributed by atoms with Gasteiger partial charge in [-0.2, -0.15) is 5.10 Å². The third-order valence-corrected chi connectivity index (χ3v) is 4.35. The summed E-state index contributed by atoms with van der Waals surface area (Å²) in [6.07, 6.45) is 6.74. The zero-order chi connectivity index (χ0) is 20.5. The van der Waals surface area contributed by atoms with Gasteiger partial charge in [-0.1, -0.05) is 5.92 Å². The molecule has 28 heavy (non-hydrogen) atoms. The average Bonchev–Trinajstić information content (AvgIpc) is 2.71. The fraction of sp³-hybridized carbons (Fsp3) is 0.200. The minimum Gasteiger partial charge on any atom is -0.497 e. The topological polar surface area (TPSA) is 78.4 Å². The maximum absolute atomic E-state index is 12.3. The van der Waals surface area contributed by atoms with Gasteiger partial charge in [0.15, 0.2) is 11.5 Å². The quantitative estimate of drug-likeness (QED) is 0.264. The van der Waals surface area contributed by atoms with Crippen LogP contribution < -0.4 is 24.4 Å². The van der Waals surface area contributed by atoms with Crippen LogP contribution in [-0.4, -0.2) is 40.1 Å². The molecule has 2 rings (SSSR count). The van der Waals surface area contributed by atoms with E-state index >= 15 is 0 Å². The van der Waals surface area contributed by atoms with Gasteiger partial charge in [0.25, 0.3) is 5.91 Å². The first-order valence-corrected chi connectivity index (χ1v) is 9.10. The number of hydrogen-bond donors (Lipinski definition) is 1. The molecule has 0 fully saturated rings. The van der Waals surface area contributed by atoms with Crippen LogP contribution in [-0.2, 0) is 0 Å². The highest BCUT2D eigenvalue weighted by Gasteiger charge is 2.12. The molecular weight excluding hydrogens is 475 g/mol. The SMILES string of the molecule is C#CCOc1c(I)cc(C=NNC(=O)c2cc(OC)cc(OC)c2)cc1OC. The summed E-state index contributed by atoms with van der Waals surface area (Å²) < 4.78 is 22.0. The smallest absolute Gasteiger partial charge is 0.271 e. The van der Waals surface area contributed by atoms with Crippen molar-refractivity contribution in [2.45, 2.75) is 0 Å². The molecule has 0 atom stereocenters. The number of methoxy groups -OCH3 is 3. The number of carbonyl (C=O) groups excluding carboxylic acids is 1. The molecule has 0 heterocycles. The van der Waals surface area contributed by atoms with Gasteiger partial charge in [0.2, 0.25) is 0 Å². The van der Waals surface area contributed by atoms with Crippen molar-refractivity contribution in [2.24, 2.45) is 5.10 Å². The molecule has 8 heteroatoms. The average molecular weight is 494 g/mol. The Balaban J connectivity index is 2.15. The molecule has 7 nitrogen and oxygen atoms in total. The van der Waals surface area contributed by atoms with Gasteiger partial charge in [-0.15, -0.1) is 6.42 Å². The Morgan fingerprint density at radius 3 is 2.39 bits per heavy atom. The number of benzene rings is 2. The Morgan fingerprint density at radius 1 is 1.14 bits per heavy atom. The maximum atomic E-state index is 12.3. The van der Waals surface area contributed by atoms with Crippen molar-refractivity contribution in [3.05, 3.63) is 45.0 Å². The molecular formula is C20H19IN2O5. The molecule has 0 saturated carbocycles. The molecule has 0 saturated heterocycles. The number of ether oxygens (including phenoxy) is 4. The van der Waals surface area contributed by atoms with E-state index in [9.17, 15) is 4.79 Å². The summed E-state index contributed by atoms with van der Waals surface area (Å²) in [5.74, 6) is 4.12. The van der Waals surface area contributed by atoms with Gasteiger partial charge in [-0.3, -0.25) is 4.79 Å². The van der Waals surface area contributed by atoms with Crippen LogP contribution in [0, 0.1) is 15.9 Å². The lowest BCUT2D eigenvalue weighted by Crippen LogP contribution is -2.17. The third kappa shape index (κ3) is 5.53. The van der Waals surface area contributed by atoms with Crippen LogP contribution in [0.25, 0.3) is 0 Å². The molecule has 1 amide bonds. The fourth-order valence-electron chi connectivity index (χ4n) is 2.24. The third-order valence-electron chi connectivity index (χ3n) is 3.54. The number of hydrogen-bond acceptors (Lipinski definition) is 6. The van der Waals surface area contributed by atoms with Crippen molar-refractivity contribution in [3.63, 3.8) is 0 Å². The molecule has 0 spiro atoms. The molecule has 0 radical (unpaired) electrons. The van der Waals surface area contributed by atoms with Crippen LogP contribution in [0.15, 0.2) is 35.4 Å². The van der Waals surface area contributed by atoms with E-state index in [0.29, 0.717) is 28.6 Å². The van der Waals surface area contributed by atoms with Gasteiger partial charge >= 0.3 is 0 Å². The van der Waals surface area contributed by atoms with Gasteiger partial charge in [0, 0.05) is 11.6 Å². The van der Waals surface area contributed by atoms with Crippen molar-refractivity contribution >= 4 is 34.7 Å². The van der Waals surface area contributed by atoms with Crippen LogP contribution in [0.5, 0.6) is 23.0 Å². The zero-order valence-corrected chi connectivity index (χ0v) is 17.8. The number of terminal acetylenes is 1. The maximum Gasteiger partial charge on any atom is 0.271 e. The summed E-state index contributed by atoms with van der Waals surface area (Å²) in [7, 11) is 4.56. The highest BCUT2D eigenvalue weighted by molar-refractivity contribution is 14.1. The highest BCUT2D eigenvalue weighted by Crippen LogP contribution is 2.33. The highest BCUT2D eigenvalue weighted by atomic mass is 127. The number of nitrogens with one attached hydrogen (secondary N) is 1. The molecule has 0 bridgehead atoms. The largest absolute Gasteiger partial charge is 0.497 e. The Morgan fingerprint density at radius 2 is 1.82 bits per heavy atom. The summed E-state index contributed by atoms with van der Waals surface area (Å²) in [4.78, 5) is 12.3. The predicted octanol–water partition coefficient (Wildman–Crippen LogP) is 3.09. The van der Waals surface area contributed by atoms with Crippen LogP contribution >= 0.6 is 22.6 Å². The molecule has 1 N–H and O–H groups in total. The molecule has 0 unspecified atom stereocenters. The van der Waals surface area contributed by atoms with Gasteiger partial charge < -0.3 is 18.9 Å². The van der Waals surface area contributed by atoms with Crippen LogP contribution in [0.1, 0.15) is 15.9 Å². The zero-order valence-electron chi connectivity index (χ0n) is 15.6. The molecule has 0 aromatic heterocycles. The van der Waals surface area contributed by atoms with Gasteiger partial charge in [0.05, 0.1) is 31.1 Å². The van der Waals surface area contributed by atoms with E-state index in [-0.39, 0.29) is 6.61 Å². The van der Waals surface area contributed by atoms with E-state index in [1.807, 2.05) is 6.07 Å². The van der Waals surface area contributed by atoms with Crippen LogP contribution in [0.3, 0.4) is 0 Å². The minimum atomic E-state index is -0.399. The summed E-state index contributed by atoms with van der Waals surface area (Å²) in [5, 5.41) is 4.00. The second-order valence-electron chi connectivity index (χ2n) is 5.33. The van der Waals surface area contributed by atoms with Gasteiger partial charge in [0.1, 0.15) is 18.1 Å². The first-order chi connectivity index (χ1) is 13.5. The van der Waals surface area contributed by atoms with E-state index in [1.165, 1.54) is 27.5 Å². The molecule has 0 aliphatic heterocycles. The minimum absolute atomic E-state index is 0.139. The van der Waals surface area contributed by atoms with Crippen molar-refractivity contribution in [1.82, 2.24) is 5.43 Å². The van der Waals surface area contributed by atoms with E-state index in [1.54, 1.807) is 24.3 Å². The standard InChI is InChI=1S/C20H19IN2O5/c1-5-6-28-19-17(21)7-13(8-18(19)27-4)12-22-23-20(24)14-9-15(25-2)11-16(10-14)26-3/h1,7-12H,6H2,2-4H3,(H,23,24). The Hall–Kier alpha value is -2.93. The number of rotatable bonds is 8. The summed E-state index contributed by atoms with van der Waals surface area (Å²) in [5.41, 5.74) is 3.55. The molecule has 2 aromatic rings. The van der Waals surface area contributed by atoms with Gasteiger partial charge in [-0.25, -0.2) is 5.43 Å².